The maximum atomic E-state index is 12.9. The molecule has 0 unspecified atom stereocenters. The third-order valence-corrected chi connectivity index (χ3v) is 5.99. The molecule has 2 aromatic carbocycles. The van der Waals surface area contributed by atoms with Gasteiger partial charge in [0.1, 0.15) is 10.7 Å². The normalized spacial score (nSPS) is 13.4. The van der Waals surface area contributed by atoms with E-state index in [-0.39, 0.29) is 11.7 Å². The van der Waals surface area contributed by atoms with Gasteiger partial charge < -0.3 is 24.3 Å². The number of piperazine rings is 1. The number of hydrogen-bond acceptors (Lipinski definition) is 7. The van der Waals surface area contributed by atoms with Crippen molar-refractivity contribution in [2.45, 2.75) is 13.3 Å². The molecule has 10 nitrogen and oxygen atoms in total. The number of nitrogens with one attached hydrogen (secondary N) is 1. The molecular weight excluding hydrogens is 488 g/mol. The highest BCUT2D eigenvalue weighted by Crippen LogP contribution is 2.30. The van der Waals surface area contributed by atoms with Crippen molar-refractivity contribution in [1.82, 2.24) is 4.90 Å². The molecule has 1 aromatic heterocycles. The molecule has 4 rings (SSSR count). The fourth-order valence-corrected chi connectivity index (χ4v) is 4.13. The van der Waals surface area contributed by atoms with Gasteiger partial charge in [-0.3, -0.25) is 19.7 Å². The van der Waals surface area contributed by atoms with Gasteiger partial charge in [0, 0.05) is 37.4 Å². The van der Waals surface area contributed by atoms with Gasteiger partial charge in [-0.05, 0) is 55.0 Å². The van der Waals surface area contributed by atoms with Gasteiger partial charge in [0.15, 0.2) is 5.76 Å². The Bertz CT molecular complexity index is 1250. The van der Waals surface area contributed by atoms with E-state index in [1.807, 2.05) is 24.0 Å². The van der Waals surface area contributed by atoms with E-state index in [4.69, 9.17) is 20.8 Å². The third-order valence-electron chi connectivity index (χ3n) is 5.68. The van der Waals surface area contributed by atoms with Gasteiger partial charge in [0.05, 0.1) is 23.4 Å². The van der Waals surface area contributed by atoms with Crippen LogP contribution in [0.15, 0.2) is 59.0 Å². The van der Waals surface area contributed by atoms with E-state index in [9.17, 15) is 19.7 Å². The quantitative estimate of drug-likeness (QED) is 0.338. The topological polar surface area (TPSA) is 118 Å². The van der Waals surface area contributed by atoms with Gasteiger partial charge in [0.25, 0.3) is 11.8 Å². The molecule has 0 spiro atoms. The highest BCUT2D eigenvalue weighted by Gasteiger charge is 2.24. The van der Waals surface area contributed by atoms with Crippen molar-refractivity contribution in [2.24, 2.45) is 0 Å². The molecule has 0 bridgehead atoms. The van der Waals surface area contributed by atoms with E-state index in [2.05, 4.69) is 10.2 Å². The molecule has 1 fully saturated rings. The summed E-state index contributed by atoms with van der Waals surface area (Å²) in [4.78, 5) is 39.1. The van der Waals surface area contributed by atoms with Crippen LogP contribution in [0.4, 0.5) is 17.3 Å². The molecule has 1 aliphatic heterocycles. The molecule has 2 heterocycles. The standard InChI is InChI=1S/C25H25ClN4O6/c1-2-15-35-19-6-3-17(4-7-19)25(32)29-13-11-28(12-14-29)21-8-5-18(16-20(21)26)27-24(31)22-9-10-23(36-22)30(33)34/h3-10,16H,2,11-15H2,1H3,(H,27,31). The summed E-state index contributed by atoms with van der Waals surface area (Å²) >= 11 is 6.49. The highest BCUT2D eigenvalue weighted by molar-refractivity contribution is 6.33. The minimum atomic E-state index is -0.713. The lowest BCUT2D eigenvalue weighted by atomic mass is 10.1. The number of furan rings is 1. The molecule has 1 aliphatic rings. The van der Waals surface area contributed by atoms with Crippen molar-refractivity contribution >= 4 is 40.7 Å². The number of benzene rings is 2. The van der Waals surface area contributed by atoms with Gasteiger partial charge >= 0.3 is 5.88 Å². The summed E-state index contributed by atoms with van der Waals surface area (Å²) in [6.45, 7) is 4.96. The first-order valence-electron chi connectivity index (χ1n) is 11.5. The monoisotopic (exact) mass is 512 g/mol. The van der Waals surface area contributed by atoms with Crippen molar-refractivity contribution in [1.29, 1.82) is 0 Å². The Hall–Kier alpha value is -4.05. The van der Waals surface area contributed by atoms with Crippen LogP contribution in [0, 0.1) is 10.1 Å². The van der Waals surface area contributed by atoms with Crippen LogP contribution in [0.2, 0.25) is 5.02 Å². The summed E-state index contributed by atoms with van der Waals surface area (Å²) in [5.74, 6) is -0.587. The predicted octanol–water partition coefficient (Wildman–Crippen LogP) is 4.84. The summed E-state index contributed by atoms with van der Waals surface area (Å²) < 4.78 is 10.5. The number of nitrogens with zero attached hydrogens (tertiary/aromatic N) is 3. The first-order chi connectivity index (χ1) is 17.4. The van der Waals surface area contributed by atoms with Crippen LogP contribution in [-0.2, 0) is 0 Å². The maximum absolute atomic E-state index is 12.9. The van der Waals surface area contributed by atoms with E-state index in [0.717, 1.165) is 23.9 Å². The van der Waals surface area contributed by atoms with Crippen LogP contribution in [0.1, 0.15) is 34.3 Å². The van der Waals surface area contributed by atoms with Crippen LogP contribution in [0.25, 0.3) is 0 Å². The van der Waals surface area contributed by atoms with E-state index < -0.39 is 16.7 Å². The Morgan fingerprint density at radius 3 is 2.42 bits per heavy atom. The number of carbonyl (C=O) groups is 2. The molecule has 0 radical (unpaired) electrons. The zero-order valence-electron chi connectivity index (χ0n) is 19.6. The summed E-state index contributed by atoms with van der Waals surface area (Å²) in [7, 11) is 0. The van der Waals surface area contributed by atoms with E-state index in [1.165, 1.54) is 6.07 Å². The molecule has 3 aromatic rings. The molecule has 2 amide bonds. The first-order valence-corrected chi connectivity index (χ1v) is 11.9. The van der Waals surface area contributed by atoms with Crippen molar-refractivity contribution in [3.63, 3.8) is 0 Å². The lowest BCUT2D eigenvalue weighted by Crippen LogP contribution is -2.48. The van der Waals surface area contributed by atoms with Gasteiger partial charge in [-0.25, -0.2) is 0 Å². The van der Waals surface area contributed by atoms with Gasteiger partial charge in [-0.1, -0.05) is 18.5 Å². The molecule has 36 heavy (non-hydrogen) atoms. The number of amides is 2. The lowest BCUT2D eigenvalue weighted by Gasteiger charge is -2.36. The SMILES string of the molecule is CCCOc1ccc(C(=O)N2CCN(c3ccc(NC(=O)c4ccc([N+](=O)[O-])o4)cc3Cl)CC2)cc1. The molecule has 0 aliphatic carbocycles. The fourth-order valence-electron chi connectivity index (χ4n) is 3.83. The van der Waals surface area contributed by atoms with Crippen molar-refractivity contribution in [3.05, 3.63) is 81.1 Å². The van der Waals surface area contributed by atoms with Crippen molar-refractivity contribution in [2.75, 3.05) is 43.0 Å². The highest BCUT2D eigenvalue weighted by atomic mass is 35.5. The van der Waals surface area contributed by atoms with Gasteiger partial charge in [-0.15, -0.1) is 0 Å². The smallest absolute Gasteiger partial charge is 0.433 e. The number of nitro groups is 1. The Balaban J connectivity index is 1.33. The molecule has 0 saturated carbocycles. The Labute approximate surface area is 212 Å². The van der Waals surface area contributed by atoms with E-state index in [1.54, 1.807) is 30.3 Å². The third kappa shape index (κ3) is 5.77. The predicted molar refractivity (Wildman–Crippen MR) is 135 cm³/mol. The molecule has 0 atom stereocenters. The van der Waals surface area contributed by atoms with Crippen molar-refractivity contribution in [3.8, 4) is 5.75 Å². The number of carbonyl (C=O) groups excluding carboxylic acids is 2. The molecule has 1 saturated heterocycles. The molecule has 188 valence electrons. The fraction of sp³-hybridized carbons (Fsp3) is 0.280. The average molecular weight is 513 g/mol. The largest absolute Gasteiger partial charge is 0.494 e. The van der Waals surface area contributed by atoms with E-state index in [0.29, 0.717) is 49.1 Å². The minimum Gasteiger partial charge on any atom is -0.494 e. The molecule has 1 N–H and O–H groups in total. The summed E-state index contributed by atoms with van der Waals surface area (Å²) in [5.41, 5.74) is 1.83. The van der Waals surface area contributed by atoms with Gasteiger partial charge in [0.2, 0.25) is 0 Å². The number of hydrogen-bond donors (Lipinski definition) is 1. The molecule has 11 heteroatoms. The van der Waals surface area contributed by atoms with E-state index >= 15 is 0 Å². The number of halogens is 1. The summed E-state index contributed by atoms with van der Waals surface area (Å²) in [6.07, 6.45) is 0.921. The van der Waals surface area contributed by atoms with Crippen LogP contribution in [-0.4, -0.2) is 54.4 Å². The van der Waals surface area contributed by atoms with Crippen LogP contribution in [0.3, 0.4) is 0 Å². The zero-order valence-corrected chi connectivity index (χ0v) is 20.4. The average Bonchev–Trinajstić information content (AvgIpc) is 3.39. The van der Waals surface area contributed by atoms with Crippen molar-refractivity contribution < 1.29 is 23.7 Å². The van der Waals surface area contributed by atoms with Gasteiger partial charge in [-0.2, -0.15) is 0 Å². The Morgan fingerprint density at radius 1 is 1.08 bits per heavy atom. The maximum Gasteiger partial charge on any atom is 0.433 e. The number of ether oxygens (including phenoxy) is 1. The number of anilines is 2. The Morgan fingerprint density at radius 2 is 1.81 bits per heavy atom. The first kappa shape index (κ1) is 25.1. The number of rotatable bonds is 8. The second kappa shape index (κ2) is 11.1. The zero-order chi connectivity index (χ0) is 25.7. The van der Waals surface area contributed by atoms with Crippen LogP contribution in [0.5, 0.6) is 5.75 Å². The second-order valence-corrected chi connectivity index (χ2v) is 8.57. The Kier molecular flexibility index (Phi) is 7.74. The summed E-state index contributed by atoms with van der Waals surface area (Å²) in [6, 6.07) is 14.6. The molecular formula is C25H25ClN4O6. The minimum absolute atomic E-state index is 0.0287. The van der Waals surface area contributed by atoms with Crippen LogP contribution >= 0.6 is 11.6 Å². The second-order valence-electron chi connectivity index (χ2n) is 8.17. The lowest BCUT2D eigenvalue weighted by molar-refractivity contribution is -0.402. The van der Waals surface area contributed by atoms with Crippen LogP contribution < -0.4 is 15.0 Å². The summed E-state index contributed by atoms with van der Waals surface area (Å²) in [5, 5.41) is 13.8.